The van der Waals surface area contributed by atoms with E-state index in [9.17, 15) is 0 Å². The smallest absolute Gasteiger partial charge is 0.156 e. The molecule has 0 aliphatic carbocycles. The fraction of sp³-hybridized carbons (Fsp3) is 0.250. The second-order valence-corrected chi connectivity index (χ2v) is 5.56. The average molecular weight is 375 g/mol. The molecule has 0 bridgehead atoms. The zero-order valence-corrected chi connectivity index (χ0v) is 13.2. The highest BCUT2D eigenvalue weighted by molar-refractivity contribution is 9.10. The number of ether oxygens (including phenoxy) is 1. The van der Waals surface area contributed by atoms with Crippen LogP contribution in [0.2, 0.25) is 0 Å². The fourth-order valence-corrected chi connectivity index (χ4v) is 2.60. The van der Waals surface area contributed by atoms with Crippen molar-refractivity contribution in [2.45, 2.75) is 13.5 Å². The highest BCUT2D eigenvalue weighted by Crippen LogP contribution is 2.32. The van der Waals surface area contributed by atoms with Gasteiger partial charge in [0.15, 0.2) is 5.75 Å². The van der Waals surface area contributed by atoms with Crippen molar-refractivity contribution in [2.75, 3.05) is 5.73 Å². The van der Waals surface area contributed by atoms with Gasteiger partial charge < -0.3 is 10.5 Å². The SMILES string of the molecule is Cc1nn(C)c(COc2c(N)cccc2Br)c1Br. The van der Waals surface area contributed by atoms with Gasteiger partial charge in [-0.1, -0.05) is 6.07 Å². The van der Waals surface area contributed by atoms with Crippen LogP contribution in [0.5, 0.6) is 5.75 Å². The molecule has 0 amide bonds. The molecule has 96 valence electrons. The molecule has 1 aromatic carbocycles. The first-order chi connectivity index (χ1) is 8.50. The molecule has 0 saturated carbocycles. The Balaban J connectivity index is 2.22. The topological polar surface area (TPSA) is 53.1 Å². The van der Waals surface area contributed by atoms with Crippen LogP contribution in [0, 0.1) is 6.92 Å². The second-order valence-electron chi connectivity index (χ2n) is 3.92. The van der Waals surface area contributed by atoms with E-state index < -0.39 is 0 Å². The molecule has 1 aromatic heterocycles. The number of halogens is 2. The zero-order valence-electron chi connectivity index (χ0n) is 10.1. The Labute approximate surface area is 122 Å². The third kappa shape index (κ3) is 2.54. The lowest BCUT2D eigenvalue weighted by Gasteiger charge is -2.11. The third-order valence-corrected chi connectivity index (χ3v) is 4.27. The van der Waals surface area contributed by atoms with Crippen molar-refractivity contribution in [1.29, 1.82) is 0 Å². The molecule has 0 spiro atoms. The van der Waals surface area contributed by atoms with E-state index in [0.29, 0.717) is 18.0 Å². The van der Waals surface area contributed by atoms with Crippen molar-refractivity contribution in [1.82, 2.24) is 9.78 Å². The van der Waals surface area contributed by atoms with Gasteiger partial charge in [-0.25, -0.2) is 0 Å². The maximum absolute atomic E-state index is 5.88. The van der Waals surface area contributed by atoms with Crippen molar-refractivity contribution in [3.63, 3.8) is 0 Å². The summed E-state index contributed by atoms with van der Waals surface area (Å²) in [7, 11) is 1.89. The van der Waals surface area contributed by atoms with Gasteiger partial charge in [0.25, 0.3) is 0 Å². The Hall–Kier alpha value is -1.01. The van der Waals surface area contributed by atoms with Crippen LogP contribution < -0.4 is 10.5 Å². The maximum atomic E-state index is 5.88. The van der Waals surface area contributed by atoms with Crippen LogP contribution >= 0.6 is 31.9 Å². The lowest BCUT2D eigenvalue weighted by molar-refractivity contribution is 0.294. The summed E-state index contributed by atoms with van der Waals surface area (Å²) in [5, 5.41) is 4.31. The summed E-state index contributed by atoms with van der Waals surface area (Å²) in [4.78, 5) is 0. The van der Waals surface area contributed by atoms with Crippen molar-refractivity contribution < 1.29 is 4.74 Å². The molecule has 0 aliphatic heterocycles. The highest BCUT2D eigenvalue weighted by Gasteiger charge is 2.13. The van der Waals surface area contributed by atoms with Gasteiger partial charge in [0.1, 0.15) is 6.61 Å². The molecule has 4 nitrogen and oxygen atoms in total. The summed E-state index contributed by atoms with van der Waals surface area (Å²) in [5.74, 6) is 0.656. The summed E-state index contributed by atoms with van der Waals surface area (Å²) < 4.78 is 9.38. The Morgan fingerprint density at radius 1 is 1.39 bits per heavy atom. The van der Waals surface area contributed by atoms with Gasteiger partial charge in [-0.2, -0.15) is 5.10 Å². The molecule has 6 heteroatoms. The molecule has 0 saturated heterocycles. The van der Waals surface area contributed by atoms with Crippen LogP contribution in [-0.2, 0) is 13.7 Å². The van der Waals surface area contributed by atoms with Crippen LogP contribution in [0.25, 0.3) is 0 Å². The Morgan fingerprint density at radius 3 is 2.67 bits per heavy atom. The highest BCUT2D eigenvalue weighted by atomic mass is 79.9. The first-order valence-electron chi connectivity index (χ1n) is 5.35. The summed E-state index contributed by atoms with van der Waals surface area (Å²) in [6, 6.07) is 5.58. The van der Waals surface area contributed by atoms with Gasteiger partial charge >= 0.3 is 0 Å². The van der Waals surface area contributed by atoms with Crippen molar-refractivity contribution in [3.05, 3.63) is 38.5 Å². The van der Waals surface area contributed by atoms with Gasteiger partial charge in [-0.05, 0) is 50.9 Å². The monoisotopic (exact) mass is 373 g/mol. The predicted molar refractivity (Wildman–Crippen MR) is 78.5 cm³/mol. The number of aryl methyl sites for hydroxylation is 2. The van der Waals surface area contributed by atoms with Crippen LogP contribution in [0.3, 0.4) is 0 Å². The summed E-state index contributed by atoms with van der Waals surface area (Å²) in [5.41, 5.74) is 8.40. The predicted octanol–water partition coefficient (Wildman–Crippen LogP) is 3.41. The number of hydrogen-bond donors (Lipinski definition) is 1. The van der Waals surface area contributed by atoms with Gasteiger partial charge in [-0.3, -0.25) is 4.68 Å². The maximum Gasteiger partial charge on any atom is 0.156 e. The van der Waals surface area contributed by atoms with Gasteiger partial charge in [0.2, 0.25) is 0 Å². The molecule has 0 unspecified atom stereocenters. The van der Waals surface area contributed by atoms with Crippen molar-refractivity contribution >= 4 is 37.5 Å². The van der Waals surface area contributed by atoms with E-state index in [-0.39, 0.29) is 0 Å². The fourth-order valence-electron chi connectivity index (χ4n) is 1.66. The number of rotatable bonds is 3. The van der Waals surface area contributed by atoms with Gasteiger partial charge in [0.05, 0.1) is 26.0 Å². The first-order valence-corrected chi connectivity index (χ1v) is 6.94. The van der Waals surface area contributed by atoms with Crippen LogP contribution in [0.4, 0.5) is 5.69 Å². The zero-order chi connectivity index (χ0) is 13.3. The number of para-hydroxylation sites is 1. The quantitative estimate of drug-likeness (QED) is 0.837. The standard InChI is InChI=1S/C12H13Br2N3O/c1-7-11(14)10(17(2)16-7)6-18-12-8(13)4-3-5-9(12)15/h3-5H,6,15H2,1-2H3. The largest absolute Gasteiger partial charge is 0.484 e. The van der Waals surface area contributed by atoms with E-state index in [1.165, 1.54) is 0 Å². The first kappa shape index (κ1) is 13.4. The number of nitrogen functional groups attached to an aromatic ring is 1. The molecule has 2 aromatic rings. The number of nitrogens with two attached hydrogens (primary N) is 1. The van der Waals surface area contributed by atoms with Gasteiger partial charge in [0, 0.05) is 7.05 Å². The minimum atomic E-state index is 0.407. The van der Waals surface area contributed by atoms with E-state index in [4.69, 9.17) is 10.5 Å². The third-order valence-electron chi connectivity index (χ3n) is 2.61. The number of benzene rings is 1. The number of aromatic nitrogens is 2. The van der Waals surface area contributed by atoms with Crippen molar-refractivity contribution in [2.24, 2.45) is 7.05 Å². The molecular formula is C12H13Br2N3O. The molecule has 0 aliphatic rings. The normalized spacial score (nSPS) is 10.7. The molecule has 2 rings (SSSR count). The Kier molecular flexibility index (Phi) is 3.97. The summed E-state index contributed by atoms with van der Waals surface area (Å²) in [6.45, 7) is 2.35. The lowest BCUT2D eigenvalue weighted by Crippen LogP contribution is -2.05. The van der Waals surface area contributed by atoms with E-state index in [1.807, 2.05) is 32.2 Å². The average Bonchev–Trinajstić information content (AvgIpc) is 2.54. The molecule has 1 heterocycles. The minimum Gasteiger partial charge on any atom is -0.484 e. The van der Waals surface area contributed by atoms with Crippen LogP contribution in [-0.4, -0.2) is 9.78 Å². The molecule has 2 N–H and O–H groups in total. The Morgan fingerprint density at radius 2 is 2.11 bits per heavy atom. The number of anilines is 1. The second kappa shape index (κ2) is 5.32. The number of hydrogen-bond acceptors (Lipinski definition) is 3. The molecule has 0 atom stereocenters. The van der Waals surface area contributed by atoms with Crippen molar-refractivity contribution in [3.8, 4) is 5.75 Å². The molecule has 18 heavy (non-hydrogen) atoms. The molecule has 0 fully saturated rings. The van der Waals surface area contributed by atoms with Gasteiger partial charge in [-0.15, -0.1) is 0 Å². The van der Waals surface area contributed by atoms with E-state index in [2.05, 4.69) is 37.0 Å². The van der Waals surface area contributed by atoms with E-state index >= 15 is 0 Å². The summed E-state index contributed by atoms with van der Waals surface area (Å²) in [6.07, 6.45) is 0. The minimum absolute atomic E-state index is 0.407. The van der Waals surface area contributed by atoms with Crippen LogP contribution in [0.15, 0.2) is 27.1 Å². The lowest BCUT2D eigenvalue weighted by atomic mass is 10.3. The summed E-state index contributed by atoms with van der Waals surface area (Å²) >= 11 is 6.93. The number of nitrogens with zero attached hydrogens (tertiary/aromatic N) is 2. The molecular weight excluding hydrogens is 362 g/mol. The van der Waals surface area contributed by atoms with E-state index in [1.54, 1.807) is 4.68 Å². The van der Waals surface area contributed by atoms with Crippen LogP contribution in [0.1, 0.15) is 11.4 Å². The Bertz CT molecular complexity index is 561. The molecule has 0 radical (unpaired) electrons. The van der Waals surface area contributed by atoms with E-state index in [0.717, 1.165) is 20.3 Å².